The highest BCUT2D eigenvalue weighted by atomic mass is 32.2. The van der Waals surface area contributed by atoms with Crippen LogP contribution < -0.4 is 0 Å². The molecule has 0 amide bonds. The van der Waals surface area contributed by atoms with Crippen LogP contribution in [0.15, 0.2) is 0 Å². The summed E-state index contributed by atoms with van der Waals surface area (Å²) in [6.45, 7) is 2.36. The number of hydrogen-bond acceptors (Lipinski definition) is 11. The average Bonchev–Trinajstić information content (AvgIpc) is 2.60. The fraction of sp³-hybridized carbons (Fsp3) is 1.00. The summed E-state index contributed by atoms with van der Waals surface area (Å²) in [6, 6.07) is 0. The molecule has 10 nitrogen and oxygen atoms in total. The van der Waals surface area contributed by atoms with Crippen molar-refractivity contribution in [3.63, 3.8) is 0 Å². The van der Waals surface area contributed by atoms with Crippen molar-refractivity contribution in [2.75, 3.05) is 13.2 Å². The lowest BCUT2D eigenvalue weighted by Gasteiger charge is -2.45. The van der Waals surface area contributed by atoms with Crippen molar-refractivity contribution in [2.45, 2.75) is 79.7 Å². The fourth-order valence-electron chi connectivity index (χ4n) is 2.93. The predicted octanol–water partition coefficient (Wildman–Crippen LogP) is -3.25. The fourth-order valence-corrected chi connectivity index (χ4v) is 4.39. The summed E-state index contributed by atoms with van der Waals surface area (Å²) in [5.74, 6) is 0. The zero-order valence-electron chi connectivity index (χ0n) is 14.5. The summed E-state index contributed by atoms with van der Waals surface area (Å²) in [5, 5.41) is 68.4. The van der Waals surface area contributed by atoms with E-state index in [-0.39, 0.29) is 6.10 Å². The Morgan fingerprint density at radius 2 is 1.38 bits per heavy atom. The molecule has 7 N–H and O–H groups in total. The van der Waals surface area contributed by atoms with Crippen LogP contribution in [0.4, 0.5) is 0 Å². The molecule has 26 heavy (non-hydrogen) atoms. The summed E-state index contributed by atoms with van der Waals surface area (Å²) in [7, 11) is 0. The normalized spacial score (nSPS) is 47.3. The van der Waals surface area contributed by atoms with E-state index in [2.05, 4.69) is 0 Å². The smallest absolute Gasteiger partial charge is 0.185 e. The van der Waals surface area contributed by atoms with Crippen molar-refractivity contribution in [1.82, 2.24) is 0 Å². The van der Waals surface area contributed by atoms with E-state index in [1.807, 2.05) is 0 Å². The van der Waals surface area contributed by atoms with Crippen LogP contribution in [0.5, 0.6) is 0 Å². The maximum Gasteiger partial charge on any atom is 0.185 e. The number of thioether (sulfide) groups is 1. The van der Waals surface area contributed by atoms with Gasteiger partial charge in [0, 0.05) is 0 Å². The Hall–Kier alpha value is -0.0500. The van der Waals surface area contributed by atoms with E-state index in [4.69, 9.17) is 14.2 Å². The first-order valence-corrected chi connectivity index (χ1v) is 9.39. The van der Waals surface area contributed by atoms with Crippen LogP contribution in [0.3, 0.4) is 0 Å². The molecule has 2 saturated heterocycles. The van der Waals surface area contributed by atoms with Crippen molar-refractivity contribution in [2.24, 2.45) is 0 Å². The van der Waals surface area contributed by atoms with Gasteiger partial charge in [-0.2, -0.15) is 0 Å². The molecule has 154 valence electrons. The summed E-state index contributed by atoms with van der Waals surface area (Å²) in [4.78, 5) is 0. The topological polar surface area (TPSA) is 169 Å². The second-order valence-corrected chi connectivity index (χ2v) is 7.97. The molecule has 0 spiro atoms. The van der Waals surface area contributed by atoms with Crippen LogP contribution in [-0.4, -0.2) is 115 Å². The van der Waals surface area contributed by atoms with E-state index in [0.29, 0.717) is 0 Å². The molecule has 0 aromatic rings. The molecule has 2 heterocycles. The lowest BCUT2D eigenvalue weighted by atomic mass is 10.0. The second-order valence-electron chi connectivity index (χ2n) is 6.69. The zero-order chi connectivity index (χ0) is 19.6. The van der Waals surface area contributed by atoms with Gasteiger partial charge in [-0.3, -0.25) is 0 Å². The summed E-state index contributed by atoms with van der Waals surface area (Å²) < 4.78 is 16.3. The molecular formula is C15H28O10S. The number of aliphatic hydroxyl groups excluding tert-OH is 7. The predicted molar refractivity (Wildman–Crippen MR) is 89.1 cm³/mol. The Kier molecular flexibility index (Phi) is 8.07. The number of hydrogen-bond donors (Lipinski definition) is 7. The molecule has 0 saturated carbocycles. The standard InChI is InChI=1S/C15H28O10S/c1-5(2)23-14-12(22)13(9(19)7(4-17)24-14)26-15-11(21)10(20)8(18)6(3-16)25-15/h5-22H,3-4H2,1-2H3/t6-,7-,8-,9-,10+,11-,12-,13+,14+,15+/m1/s1. The van der Waals surface area contributed by atoms with Gasteiger partial charge in [0.1, 0.15) is 42.1 Å². The van der Waals surface area contributed by atoms with E-state index in [0.717, 1.165) is 11.8 Å². The van der Waals surface area contributed by atoms with Gasteiger partial charge in [-0.1, -0.05) is 0 Å². The van der Waals surface area contributed by atoms with Gasteiger partial charge in [-0.25, -0.2) is 0 Å². The van der Waals surface area contributed by atoms with E-state index in [1.54, 1.807) is 13.8 Å². The lowest BCUT2D eigenvalue weighted by molar-refractivity contribution is -0.277. The van der Waals surface area contributed by atoms with Gasteiger partial charge in [-0.05, 0) is 13.8 Å². The van der Waals surface area contributed by atoms with Crippen LogP contribution in [0, 0.1) is 0 Å². The molecule has 0 radical (unpaired) electrons. The lowest BCUT2D eigenvalue weighted by Crippen LogP contribution is -2.61. The maximum absolute atomic E-state index is 10.5. The Morgan fingerprint density at radius 3 is 1.92 bits per heavy atom. The highest BCUT2D eigenvalue weighted by molar-refractivity contribution is 8.00. The van der Waals surface area contributed by atoms with Crippen LogP contribution in [0.25, 0.3) is 0 Å². The summed E-state index contributed by atoms with van der Waals surface area (Å²) in [5.41, 5.74) is -1.14. The molecule has 0 unspecified atom stereocenters. The SMILES string of the molecule is CC(C)O[C@H]1O[C@H](CO)[C@@H](O)[C@H](S[C@@H]2O[C@H](CO)[C@@H](O)[C@H](O)[C@H]2O)[C@H]1O. The van der Waals surface area contributed by atoms with Crippen molar-refractivity contribution in [3.8, 4) is 0 Å². The third kappa shape index (κ3) is 4.67. The monoisotopic (exact) mass is 400 g/mol. The Balaban J connectivity index is 2.15. The third-order valence-electron chi connectivity index (χ3n) is 4.37. The summed E-state index contributed by atoms with van der Waals surface area (Å²) in [6.07, 6.45) is -10.7. The molecule has 2 fully saturated rings. The zero-order valence-corrected chi connectivity index (χ0v) is 15.3. The van der Waals surface area contributed by atoms with Gasteiger partial charge in [0.25, 0.3) is 0 Å². The molecule has 2 rings (SSSR count). The molecule has 0 aromatic carbocycles. The van der Waals surface area contributed by atoms with Crippen LogP contribution >= 0.6 is 11.8 Å². The van der Waals surface area contributed by atoms with Gasteiger partial charge in [0.05, 0.1) is 30.7 Å². The van der Waals surface area contributed by atoms with Crippen molar-refractivity contribution in [1.29, 1.82) is 0 Å². The first-order valence-electron chi connectivity index (χ1n) is 8.45. The average molecular weight is 400 g/mol. The van der Waals surface area contributed by atoms with Crippen molar-refractivity contribution >= 4 is 11.8 Å². The van der Waals surface area contributed by atoms with Crippen molar-refractivity contribution in [3.05, 3.63) is 0 Å². The minimum Gasteiger partial charge on any atom is -0.394 e. The van der Waals surface area contributed by atoms with E-state index in [1.165, 1.54) is 0 Å². The van der Waals surface area contributed by atoms with Gasteiger partial charge in [-0.15, -0.1) is 11.8 Å². The molecule has 0 bridgehead atoms. The first-order chi connectivity index (χ1) is 12.2. The molecule has 0 aromatic heterocycles. The Bertz CT molecular complexity index is 439. The van der Waals surface area contributed by atoms with E-state index >= 15 is 0 Å². The third-order valence-corrected chi connectivity index (χ3v) is 5.90. The molecule has 0 aliphatic carbocycles. The molecular weight excluding hydrogens is 372 g/mol. The second kappa shape index (κ2) is 9.43. The quantitative estimate of drug-likeness (QED) is 0.239. The van der Waals surface area contributed by atoms with E-state index in [9.17, 15) is 35.7 Å². The van der Waals surface area contributed by atoms with Gasteiger partial charge >= 0.3 is 0 Å². The van der Waals surface area contributed by atoms with Crippen LogP contribution in [-0.2, 0) is 14.2 Å². The van der Waals surface area contributed by atoms with Gasteiger partial charge in [0.15, 0.2) is 6.29 Å². The minimum atomic E-state index is -1.57. The molecule has 2 aliphatic rings. The highest BCUT2D eigenvalue weighted by Crippen LogP contribution is 2.38. The number of rotatable bonds is 6. The van der Waals surface area contributed by atoms with E-state index < -0.39 is 72.9 Å². The molecule has 10 atom stereocenters. The van der Waals surface area contributed by atoms with Crippen LogP contribution in [0.2, 0.25) is 0 Å². The van der Waals surface area contributed by atoms with Gasteiger partial charge < -0.3 is 50.0 Å². The van der Waals surface area contributed by atoms with Crippen LogP contribution in [0.1, 0.15) is 13.8 Å². The Morgan fingerprint density at radius 1 is 0.808 bits per heavy atom. The van der Waals surface area contributed by atoms with Gasteiger partial charge in [0.2, 0.25) is 0 Å². The first kappa shape index (κ1) is 22.2. The highest BCUT2D eigenvalue weighted by Gasteiger charge is 2.50. The molecule has 2 aliphatic heterocycles. The number of aliphatic hydroxyl groups is 7. The number of ether oxygens (including phenoxy) is 3. The minimum absolute atomic E-state index is 0.290. The van der Waals surface area contributed by atoms with Crippen molar-refractivity contribution < 1.29 is 50.0 Å². The Labute approximate surface area is 155 Å². The molecule has 11 heteroatoms. The maximum atomic E-state index is 10.5. The summed E-state index contributed by atoms with van der Waals surface area (Å²) >= 11 is 0.815. The largest absolute Gasteiger partial charge is 0.394 e.